The van der Waals surface area contributed by atoms with E-state index < -0.39 is 0 Å². The van der Waals surface area contributed by atoms with Gasteiger partial charge in [0.15, 0.2) is 0 Å². The van der Waals surface area contributed by atoms with Gasteiger partial charge in [0, 0.05) is 21.7 Å². The predicted octanol–water partition coefficient (Wildman–Crippen LogP) is 0.638. The van der Waals surface area contributed by atoms with E-state index in [2.05, 4.69) is 0 Å². The predicted molar refractivity (Wildman–Crippen MR) is 59.1 cm³/mol. The average Bonchev–Trinajstić information content (AvgIpc) is 1.79. The van der Waals surface area contributed by atoms with Crippen molar-refractivity contribution in [3.05, 3.63) is 12.8 Å². The van der Waals surface area contributed by atoms with Gasteiger partial charge in [0.2, 0.25) is 0 Å². The van der Waals surface area contributed by atoms with Crippen LogP contribution in [0.25, 0.3) is 0 Å². The zero-order valence-electron chi connectivity index (χ0n) is 9.44. The van der Waals surface area contributed by atoms with Crippen molar-refractivity contribution in [3.63, 3.8) is 0 Å². The quantitative estimate of drug-likeness (QED) is 0.303. The van der Waals surface area contributed by atoms with Crippen LogP contribution in [0.5, 0.6) is 0 Å². The minimum absolute atomic E-state index is 0. The van der Waals surface area contributed by atoms with Gasteiger partial charge in [-0.05, 0) is 0 Å². The van der Waals surface area contributed by atoms with E-state index in [9.17, 15) is 0 Å². The fourth-order valence-electron chi connectivity index (χ4n) is 0.605. The van der Waals surface area contributed by atoms with Gasteiger partial charge in [0.1, 0.15) is 0 Å². The average molecular weight is 250 g/mol. The van der Waals surface area contributed by atoms with Gasteiger partial charge in [-0.3, -0.25) is 0 Å². The number of hydrogen-bond acceptors (Lipinski definition) is 0. The SMILES string of the molecule is CC(=[OH+])[CH+]C(C)=[OH+].CC(=[OH+])[CH+]C(C)=[OH+].[Ti]. The Balaban J connectivity index is -0.000000180. The normalized spacial score (nSPS) is 7.20. The van der Waals surface area contributed by atoms with E-state index in [-0.39, 0.29) is 44.9 Å². The molecule has 15 heavy (non-hydrogen) atoms. The maximum Gasteiger partial charge on any atom is 0.477 e. The van der Waals surface area contributed by atoms with E-state index in [1.165, 1.54) is 40.5 Å². The molecule has 0 saturated carbocycles. The molecule has 0 fully saturated rings. The number of rotatable bonds is 4. The molecule has 0 aliphatic rings. The molecule has 0 atom stereocenters. The molecule has 4 nitrogen and oxygen atoms in total. The zero-order valence-corrected chi connectivity index (χ0v) is 11.0. The fourth-order valence-corrected chi connectivity index (χ4v) is 0.605. The first-order valence-corrected chi connectivity index (χ1v) is 4.05. The fraction of sp³-hybridized carbons (Fsp3) is 0.400. The van der Waals surface area contributed by atoms with Crippen LogP contribution in [-0.4, -0.2) is 42.3 Å². The van der Waals surface area contributed by atoms with E-state index in [1.807, 2.05) is 0 Å². The van der Waals surface area contributed by atoms with Crippen LogP contribution in [0.4, 0.5) is 0 Å². The topological polar surface area (TPSA) is 85.6 Å². The van der Waals surface area contributed by atoms with Gasteiger partial charge >= 0.3 is 36.0 Å². The molecular weight excluding hydrogens is 232 g/mol. The molecule has 0 radical (unpaired) electrons. The van der Waals surface area contributed by atoms with Crippen molar-refractivity contribution in [1.29, 1.82) is 0 Å². The summed E-state index contributed by atoms with van der Waals surface area (Å²) >= 11 is 0. The molecule has 4 N–H and O–H groups in total. The maximum absolute atomic E-state index is 8.40. The van der Waals surface area contributed by atoms with Crippen LogP contribution in [0.15, 0.2) is 0 Å². The first kappa shape index (κ1) is 19.7. The van der Waals surface area contributed by atoms with Crippen LogP contribution in [0, 0.1) is 12.8 Å². The molecule has 0 spiro atoms. The summed E-state index contributed by atoms with van der Waals surface area (Å²) in [6, 6.07) is 0. The van der Waals surface area contributed by atoms with Crippen molar-refractivity contribution in [2.45, 2.75) is 27.7 Å². The van der Waals surface area contributed by atoms with Crippen LogP contribution in [0.1, 0.15) is 27.7 Å². The van der Waals surface area contributed by atoms with E-state index >= 15 is 0 Å². The van der Waals surface area contributed by atoms with Crippen molar-refractivity contribution in [2.24, 2.45) is 0 Å². The molecule has 0 aliphatic carbocycles. The monoisotopic (exact) mass is 250 g/mol. The van der Waals surface area contributed by atoms with Crippen LogP contribution in [0.3, 0.4) is 0 Å². The zero-order chi connectivity index (χ0) is 11.7. The van der Waals surface area contributed by atoms with E-state index in [0.717, 1.165) is 0 Å². The van der Waals surface area contributed by atoms with Crippen molar-refractivity contribution < 1.29 is 40.9 Å². The first-order valence-electron chi connectivity index (χ1n) is 4.05. The maximum atomic E-state index is 8.40. The number of carbonyl (C=O) groups excluding carboxylic acids is 4. The molecule has 0 aromatic rings. The smallest absolute Gasteiger partial charge is 0.240 e. The minimum Gasteiger partial charge on any atom is -0.240 e. The molecule has 0 amide bonds. The molecule has 0 aromatic carbocycles. The van der Waals surface area contributed by atoms with Gasteiger partial charge in [-0.15, -0.1) is 0 Å². The summed E-state index contributed by atoms with van der Waals surface area (Å²) < 4.78 is 0. The van der Waals surface area contributed by atoms with Gasteiger partial charge in [-0.1, -0.05) is 0 Å². The molecule has 0 heterocycles. The van der Waals surface area contributed by atoms with Gasteiger partial charge < -0.3 is 0 Å². The Kier molecular flexibility index (Phi) is 14.7. The summed E-state index contributed by atoms with van der Waals surface area (Å²) in [5.41, 5.74) is 0. The van der Waals surface area contributed by atoms with E-state index in [0.29, 0.717) is 0 Å². The molecule has 5 heteroatoms. The van der Waals surface area contributed by atoms with Crippen molar-refractivity contribution in [2.75, 3.05) is 0 Å². The second-order valence-corrected chi connectivity index (χ2v) is 2.85. The molecule has 0 bridgehead atoms. The van der Waals surface area contributed by atoms with Gasteiger partial charge in [-0.25, -0.2) is 19.2 Å². The largest absolute Gasteiger partial charge is 0.477 e. The van der Waals surface area contributed by atoms with Gasteiger partial charge in [0.25, 0.3) is 0 Å². The Morgan fingerprint density at radius 3 is 0.733 bits per heavy atom. The van der Waals surface area contributed by atoms with Crippen LogP contribution in [0.2, 0.25) is 0 Å². The van der Waals surface area contributed by atoms with Crippen LogP contribution >= 0.6 is 0 Å². The standard InChI is InChI=1S/2C5H7O2.Ti/c2*1-4(6)3-5(2)7;/h2*3H,1-2H3;/q2*+1;/p+4. The van der Waals surface area contributed by atoms with E-state index in [4.69, 9.17) is 19.2 Å². The van der Waals surface area contributed by atoms with Crippen molar-refractivity contribution in [1.82, 2.24) is 0 Å². The summed E-state index contributed by atoms with van der Waals surface area (Å²) in [5.74, 6) is 0.500. The van der Waals surface area contributed by atoms with Crippen molar-refractivity contribution >= 4 is 23.1 Å². The summed E-state index contributed by atoms with van der Waals surface area (Å²) in [5, 5.41) is 0. The van der Waals surface area contributed by atoms with Crippen molar-refractivity contribution in [3.8, 4) is 0 Å². The second kappa shape index (κ2) is 11.2. The third kappa shape index (κ3) is 32.0. The molecule has 80 valence electrons. The van der Waals surface area contributed by atoms with Gasteiger partial charge in [-0.2, -0.15) is 0 Å². The number of hydrogen-bond donors (Lipinski definition) is 0. The summed E-state index contributed by atoms with van der Waals surface area (Å²) in [6.45, 7) is 6.00. The Labute approximate surface area is 105 Å². The molecule has 0 aromatic heterocycles. The van der Waals surface area contributed by atoms with Gasteiger partial charge in [0.05, 0.1) is 27.7 Å². The van der Waals surface area contributed by atoms with Crippen LogP contribution in [-0.2, 0) is 21.7 Å². The summed E-state index contributed by atoms with van der Waals surface area (Å²) in [6.07, 6.45) is 2.56. The third-order valence-electron chi connectivity index (χ3n) is 0.836. The molecule has 0 rings (SSSR count). The Hall–Kier alpha value is -0.866. The molecule has 0 unspecified atom stereocenters. The first-order chi connectivity index (χ1) is 6.25. The Bertz CT molecular complexity index is 196. The molecule has 0 saturated heterocycles. The second-order valence-electron chi connectivity index (χ2n) is 2.85. The Morgan fingerprint density at radius 2 is 0.733 bits per heavy atom. The Morgan fingerprint density at radius 1 is 0.600 bits per heavy atom. The summed E-state index contributed by atoms with van der Waals surface area (Å²) in [7, 11) is 0. The molecule has 0 aliphatic heterocycles. The van der Waals surface area contributed by atoms with Crippen LogP contribution < -0.4 is 0 Å². The number of ketones is 4. The van der Waals surface area contributed by atoms with E-state index in [1.54, 1.807) is 0 Å². The molecular formula is C10H18O4Ti+6. The minimum atomic E-state index is 0. The summed E-state index contributed by atoms with van der Waals surface area (Å²) in [4.78, 5) is 33.6. The third-order valence-corrected chi connectivity index (χ3v) is 0.836.